The van der Waals surface area contributed by atoms with E-state index in [0.29, 0.717) is 18.0 Å². The molecule has 0 saturated carbocycles. The Morgan fingerprint density at radius 3 is 2.33 bits per heavy atom. The summed E-state index contributed by atoms with van der Waals surface area (Å²) >= 11 is 0. The molecule has 0 radical (unpaired) electrons. The van der Waals surface area contributed by atoms with Crippen molar-refractivity contribution in [2.75, 3.05) is 21.1 Å². The van der Waals surface area contributed by atoms with Crippen molar-refractivity contribution < 1.29 is 4.74 Å². The molecule has 1 aromatic carbocycles. The number of benzene rings is 1. The van der Waals surface area contributed by atoms with Crippen LogP contribution in [0.1, 0.15) is 18.5 Å². The zero-order valence-corrected chi connectivity index (χ0v) is 13.1. The van der Waals surface area contributed by atoms with E-state index in [0.717, 1.165) is 5.75 Å². The molecule has 4 nitrogen and oxygen atoms in total. The van der Waals surface area contributed by atoms with Crippen molar-refractivity contribution in [1.82, 2.24) is 15.2 Å². The molecule has 0 bridgehead atoms. The van der Waals surface area contributed by atoms with Gasteiger partial charge in [-0.1, -0.05) is 18.2 Å². The third kappa shape index (κ3) is 4.03. The third-order valence-corrected chi connectivity index (χ3v) is 3.57. The van der Waals surface area contributed by atoms with Crippen LogP contribution < -0.4 is 10.1 Å². The average Bonchev–Trinajstić information content (AvgIpc) is 2.49. The van der Waals surface area contributed by atoms with E-state index in [9.17, 15) is 0 Å². The molecule has 0 aliphatic rings. The van der Waals surface area contributed by atoms with Gasteiger partial charge >= 0.3 is 0 Å². The molecular formula is C17H23N3O. The Hall–Kier alpha value is -1.91. The van der Waals surface area contributed by atoms with Gasteiger partial charge in [-0.15, -0.1) is 0 Å². The first-order valence-corrected chi connectivity index (χ1v) is 7.14. The van der Waals surface area contributed by atoms with Crippen molar-refractivity contribution in [3.63, 3.8) is 0 Å². The van der Waals surface area contributed by atoms with Gasteiger partial charge in [0.25, 0.3) is 0 Å². The minimum absolute atomic E-state index is 0.318. The molecule has 0 aliphatic carbocycles. The summed E-state index contributed by atoms with van der Waals surface area (Å²) in [5.74, 6) is 1.41. The van der Waals surface area contributed by atoms with Crippen LogP contribution in [0.15, 0.2) is 48.7 Å². The van der Waals surface area contributed by atoms with Gasteiger partial charge in [-0.2, -0.15) is 0 Å². The van der Waals surface area contributed by atoms with Crippen molar-refractivity contribution in [1.29, 1.82) is 0 Å². The van der Waals surface area contributed by atoms with Gasteiger partial charge < -0.3 is 15.0 Å². The number of nitrogens with zero attached hydrogens (tertiary/aromatic N) is 2. The Morgan fingerprint density at radius 1 is 1.10 bits per heavy atom. The Bertz CT molecular complexity index is 540. The van der Waals surface area contributed by atoms with Crippen LogP contribution in [-0.2, 0) is 0 Å². The molecule has 1 heterocycles. The number of nitrogens with one attached hydrogen (secondary N) is 1. The van der Waals surface area contributed by atoms with Crippen LogP contribution >= 0.6 is 0 Å². The zero-order chi connectivity index (χ0) is 15.2. The highest BCUT2D eigenvalue weighted by Crippen LogP contribution is 2.26. The molecule has 0 aliphatic heterocycles. The summed E-state index contributed by atoms with van der Waals surface area (Å²) in [5.41, 5.74) is 1.26. The molecule has 2 atom stereocenters. The van der Waals surface area contributed by atoms with Gasteiger partial charge in [0.05, 0.1) is 0 Å². The normalized spacial score (nSPS) is 14.0. The minimum Gasteiger partial charge on any atom is -0.439 e. The van der Waals surface area contributed by atoms with Crippen LogP contribution in [0, 0.1) is 0 Å². The second-order valence-corrected chi connectivity index (χ2v) is 5.32. The Kier molecular flexibility index (Phi) is 5.31. The standard InChI is InChI=1S/C17H23N3O/c1-13(18-2)17(20(3)4)14-8-10-15(11-9-14)21-16-7-5-6-12-19-16/h5-13,17-18H,1-4H3/t13-,17+/m0/s1. The molecule has 112 valence electrons. The lowest BCUT2D eigenvalue weighted by Crippen LogP contribution is -2.37. The maximum Gasteiger partial charge on any atom is 0.219 e. The summed E-state index contributed by atoms with van der Waals surface area (Å²) in [5, 5.41) is 3.32. The molecular weight excluding hydrogens is 262 g/mol. The fourth-order valence-electron chi connectivity index (χ4n) is 2.45. The van der Waals surface area contributed by atoms with Crippen molar-refractivity contribution in [3.05, 3.63) is 54.2 Å². The van der Waals surface area contributed by atoms with Gasteiger partial charge in [-0.05, 0) is 51.8 Å². The lowest BCUT2D eigenvalue weighted by molar-refractivity contribution is 0.247. The number of pyridine rings is 1. The highest BCUT2D eigenvalue weighted by atomic mass is 16.5. The van der Waals surface area contributed by atoms with E-state index in [4.69, 9.17) is 4.74 Å². The predicted molar refractivity (Wildman–Crippen MR) is 85.7 cm³/mol. The first-order chi connectivity index (χ1) is 10.1. The van der Waals surface area contributed by atoms with Gasteiger partial charge in [0, 0.05) is 24.3 Å². The molecule has 0 fully saturated rings. The molecule has 0 spiro atoms. The fraction of sp³-hybridized carbons (Fsp3) is 0.353. The van der Waals surface area contributed by atoms with Crippen LogP contribution in [0.4, 0.5) is 0 Å². The fourth-order valence-corrected chi connectivity index (χ4v) is 2.45. The van der Waals surface area contributed by atoms with Crippen molar-refractivity contribution in [2.45, 2.75) is 19.0 Å². The van der Waals surface area contributed by atoms with E-state index >= 15 is 0 Å². The molecule has 0 unspecified atom stereocenters. The molecule has 1 N–H and O–H groups in total. The van der Waals surface area contributed by atoms with Crippen LogP contribution in [0.5, 0.6) is 11.6 Å². The maximum absolute atomic E-state index is 5.72. The van der Waals surface area contributed by atoms with Crippen LogP contribution in [-0.4, -0.2) is 37.1 Å². The molecule has 21 heavy (non-hydrogen) atoms. The number of hydrogen-bond acceptors (Lipinski definition) is 4. The summed E-state index contributed by atoms with van der Waals surface area (Å²) in [6, 6.07) is 14.5. The molecule has 1 aromatic heterocycles. The lowest BCUT2D eigenvalue weighted by Gasteiger charge is -2.30. The van der Waals surface area contributed by atoms with E-state index in [1.54, 1.807) is 6.20 Å². The topological polar surface area (TPSA) is 37.4 Å². The lowest BCUT2D eigenvalue weighted by atomic mass is 9.99. The third-order valence-electron chi connectivity index (χ3n) is 3.57. The highest BCUT2D eigenvalue weighted by Gasteiger charge is 2.20. The number of aromatic nitrogens is 1. The number of likely N-dealkylation sites (N-methyl/N-ethyl adjacent to an activating group) is 2. The van der Waals surface area contributed by atoms with Crippen molar-refractivity contribution in [3.8, 4) is 11.6 Å². The number of rotatable bonds is 6. The van der Waals surface area contributed by atoms with Crippen LogP contribution in [0.2, 0.25) is 0 Å². The van der Waals surface area contributed by atoms with Gasteiger partial charge in [0.2, 0.25) is 5.88 Å². The first kappa shape index (κ1) is 15.5. The molecule has 2 aromatic rings. The molecule has 2 rings (SSSR count). The van der Waals surface area contributed by atoms with Crippen LogP contribution in [0.25, 0.3) is 0 Å². The van der Waals surface area contributed by atoms with E-state index in [1.165, 1.54) is 5.56 Å². The van der Waals surface area contributed by atoms with Crippen molar-refractivity contribution in [2.24, 2.45) is 0 Å². The molecule has 4 heteroatoms. The highest BCUT2D eigenvalue weighted by molar-refractivity contribution is 5.32. The summed E-state index contributed by atoms with van der Waals surface area (Å²) in [6.07, 6.45) is 1.72. The Labute approximate surface area is 126 Å². The summed E-state index contributed by atoms with van der Waals surface area (Å²) in [7, 11) is 6.17. The smallest absolute Gasteiger partial charge is 0.219 e. The van der Waals surface area contributed by atoms with Gasteiger partial charge in [-0.3, -0.25) is 0 Å². The quantitative estimate of drug-likeness (QED) is 0.885. The number of ether oxygens (including phenoxy) is 1. The van der Waals surface area contributed by atoms with E-state index in [-0.39, 0.29) is 0 Å². The van der Waals surface area contributed by atoms with Gasteiger partial charge in [-0.25, -0.2) is 4.98 Å². The maximum atomic E-state index is 5.72. The van der Waals surface area contributed by atoms with Crippen molar-refractivity contribution >= 4 is 0 Å². The summed E-state index contributed by atoms with van der Waals surface area (Å²) < 4.78 is 5.72. The Morgan fingerprint density at radius 2 is 1.81 bits per heavy atom. The Balaban J connectivity index is 2.14. The van der Waals surface area contributed by atoms with E-state index < -0.39 is 0 Å². The van der Waals surface area contributed by atoms with Crippen LogP contribution in [0.3, 0.4) is 0 Å². The zero-order valence-electron chi connectivity index (χ0n) is 13.1. The molecule has 0 amide bonds. The summed E-state index contributed by atoms with van der Waals surface area (Å²) in [6.45, 7) is 2.18. The van der Waals surface area contributed by atoms with Gasteiger partial charge in [0.15, 0.2) is 0 Å². The SMILES string of the molecule is CN[C@@H](C)[C@H](c1ccc(Oc2ccccn2)cc1)N(C)C. The second-order valence-electron chi connectivity index (χ2n) is 5.32. The van der Waals surface area contributed by atoms with E-state index in [1.807, 2.05) is 37.4 Å². The predicted octanol–water partition coefficient (Wildman–Crippen LogP) is 3.08. The summed E-state index contributed by atoms with van der Waals surface area (Å²) in [4.78, 5) is 6.38. The average molecular weight is 285 g/mol. The minimum atomic E-state index is 0.318. The largest absolute Gasteiger partial charge is 0.439 e. The monoisotopic (exact) mass is 285 g/mol. The first-order valence-electron chi connectivity index (χ1n) is 7.14. The van der Waals surface area contributed by atoms with E-state index in [2.05, 4.69) is 48.4 Å². The second kappa shape index (κ2) is 7.20. The molecule has 0 saturated heterocycles. The number of hydrogen-bond donors (Lipinski definition) is 1. The van der Waals surface area contributed by atoms with Gasteiger partial charge in [0.1, 0.15) is 5.75 Å².